The predicted molar refractivity (Wildman–Crippen MR) is 83.6 cm³/mol. The second-order valence-electron chi connectivity index (χ2n) is 6.06. The van der Waals surface area contributed by atoms with E-state index in [1.165, 1.54) is 10.5 Å². The maximum absolute atomic E-state index is 6.32. The maximum Gasteiger partial charge on any atom is 0.0462 e. The molecule has 0 aliphatic heterocycles. The van der Waals surface area contributed by atoms with Gasteiger partial charge in [0, 0.05) is 27.8 Å². The van der Waals surface area contributed by atoms with Crippen molar-refractivity contribution in [3.63, 3.8) is 0 Å². The first-order valence-electron chi connectivity index (χ1n) is 6.44. The highest BCUT2D eigenvalue weighted by Gasteiger charge is 2.10. The van der Waals surface area contributed by atoms with Crippen LogP contribution in [0.4, 0.5) is 0 Å². The number of halogens is 1. The Labute approximate surface area is 121 Å². The second kappa shape index (κ2) is 6.83. The van der Waals surface area contributed by atoms with E-state index < -0.39 is 0 Å². The largest absolute Gasteiger partial charge is 0.308 e. The quantitative estimate of drug-likeness (QED) is 0.766. The van der Waals surface area contributed by atoms with Crippen LogP contribution in [0.1, 0.15) is 40.2 Å². The molecular formula is C15H24ClNS. The zero-order valence-electron chi connectivity index (χ0n) is 12.0. The van der Waals surface area contributed by atoms with Crippen LogP contribution in [-0.2, 0) is 6.54 Å². The molecule has 0 radical (unpaired) electrons. The minimum atomic E-state index is 0.119. The molecule has 0 saturated heterocycles. The summed E-state index contributed by atoms with van der Waals surface area (Å²) in [4.78, 5) is 1.26. The number of thioether (sulfide) groups is 1. The summed E-state index contributed by atoms with van der Waals surface area (Å²) in [5.74, 6) is 1.84. The van der Waals surface area contributed by atoms with Gasteiger partial charge in [0.15, 0.2) is 0 Å². The van der Waals surface area contributed by atoms with E-state index in [9.17, 15) is 0 Å². The highest BCUT2D eigenvalue weighted by Crippen LogP contribution is 2.26. The molecule has 0 saturated carbocycles. The predicted octanol–water partition coefficient (Wildman–Crippen LogP) is 4.98. The Morgan fingerprint density at radius 2 is 1.94 bits per heavy atom. The molecule has 0 heterocycles. The topological polar surface area (TPSA) is 12.0 Å². The van der Waals surface area contributed by atoms with E-state index in [0.29, 0.717) is 5.92 Å². The fourth-order valence-corrected chi connectivity index (χ4v) is 2.59. The molecule has 3 heteroatoms. The fourth-order valence-electron chi connectivity index (χ4n) is 1.38. The number of rotatable bonds is 5. The number of nitrogens with one attached hydrogen (secondary N) is 1. The van der Waals surface area contributed by atoms with Crippen molar-refractivity contribution in [3.8, 4) is 0 Å². The van der Waals surface area contributed by atoms with E-state index in [0.717, 1.165) is 17.3 Å². The summed E-state index contributed by atoms with van der Waals surface area (Å²) in [6.07, 6.45) is 0. The normalized spacial score (nSPS) is 12.2. The molecule has 1 aromatic rings. The summed E-state index contributed by atoms with van der Waals surface area (Å²) in [7, 11) is 0. The van der Waals surface area contributed by atoms with Crippen LogP contribution in [0, 0.1) is 5.92 Å². The summed E-state index contributed by atoms with van der Waals surface area (Å²) in [6, 6.07) is 6.37. The van der Waals surface area contributed by atoms with Crippen molar-refractivity contribution in [2.24, 2.45) is 5.92 Å². The van der Waals surface area contributed by atoms with Gasteiger partial charge in [-0.05, 0) is 44.4 Å². The van der Waals surface area contributed by atoms with Crippen LogP contribution in [0.2, 0.25) is 5.02 Å². The molecule has 18 heavy (non-hydrogen) atoms. The molecule has 0 unspecified atom stereocenters. The molecule has 1 N–H and O–H groups in total. The monoisotopic (exact) mass is 285 g/mol. The smallest absolute Gasteiger partial charge is 0.0462 e. The first kappa shape index (κ1) is 15.9. The molecule has 0 atom stereocenters. The van der Waals surface area contributed by atoms with Crippen LogP contribution in [0.25, 0.3) is 0 Å². The number of hydrogen-bond acceptors (Lipinski definition) is 2. The van der Waals surface area contributed by atoms with Gasteiger partial charge in [0.2, 0.25) is 0 Å². The summed E-state index contributed by atoms with van der Waals surface area (Å²) in [5.41, 5.74) is 1.29. The van der Waals surface area contributed by atoms with Gasteiger partial charge in [-0.25, -0.2) is 0 Å². The van der Waals surface area contributed by atoms with Crippen LogP contribution in [0.15, 0.2) is 23.1 Å². The van der Waals surface area contributed by atoms with Crippen molar-refractivity contribution in [1.82, 2.24) is 5.32 Å². The van der Waals surface area contributed by atoms with Crippen molar-refractivity contribution in [3.05, 3.63) is 28.8 Å². The Hall–Kier alpha value is -0.180. The Balaban J connectivity index is 2.62. The zero-order valence-corrected chi connectivity index (χ0v) is 13.6. The summed E-state index contributed by atoms with van der Waals surface area (Å²) >= 11 is 8.19. The summed E-state index contributed by atoms with van der Waals surface area (Å²) in [5, 5.41) is 4.32. The number of hydrogen-bond donors (Lipinski definition) is 1. The average molecular weight is 286 g/mol. The lowest BCUT2D eigenvalue weighted by Crippen LogP contribution is -2.35. The van der Waals surface area contributed by atoms with Crippen molar-refractivity contribution in [1.29, 1.82) is 0 Å². The Morgan fingerprint density at radius 3 is 2.44 bits per heavy atom. The van der Waals surface area contributed by atoms with E-state index in [1.54, 1.807) is 0 Å². The lowest BCUT2D eigenvalue weighted by molar-refractivity contribution is 0.424. The lowest BCUT2D eigenvalue weighted by Gasteiger charge is -2.21. The van der Waals surface area contributed by atoms with E-state index in [4.69, 9.17) is 11.6 Å². The molecule has 0 aliphatic rings. The first-order valence-corrected chi connectivity index (χ1v) is 7.80. The van der Waals surface area contributed by atoms with Crippen molar-refractivity contribution >= 4 is 23.4 Å². The average Bonchev–Trinajstić information content (AvgIpc) is 2.23. The van der Waals surface area contributed by atoms with Gasteiger partial charge >= 0.3 is 0 Å². The third kappa shape index (κ3) is 6.12. The Kier molecular flexibility index (Phi) is 6.03. The van der Waals surface area contributed by atoms with Crippen LogP contribution in [-0.4, -0.2) is 11.3 Å². The van der Waals surface area contributed by atoms with E-state index >= 15 is 0 Å². The maximum atomic E-state index is 6.32. The summed E-state index contributed by atoms with van der Waals surface area (Å²) < 4.78 is 0. The molecule has 102 valence electrons. The molecule has 1 rings (SSSR count). The van der Waals surface area contributed by atoms with Crippen LogP contribution >= 0.6 is 23.4 Å². The third-order valence-corrected chi connectivity index (χ3v) is 4.19. The van der Waals surface area contributed by atoms with Crippen LogP contribution in [0.5, 0.6) is 0 Å². The minimum Gasteiger partial charge on any atom is -0.308 e. The molecular weight excluding hydrogens is 262 g/mol. The first-order chi connectivity index (χ1) is 8.28. The van der Waals surface area contributed by atoms with Crippen LogP contribution < -0.4 is 5.32 Å². The molecule has 0 amide bonds. The molecule has 1 nitrogen and oxygen atoms in total. The van der Waals surface area contributed by atoms with Gasteiger partial charge in [0.05, 0.1) is 0 Å². The molecule has 0 bridgehead atoms. The third-order valence-electron chi connectivity index (χ3n) is 2.42. The molecule has 0 spiro atoms. The highest BCUT2D eigenvalue weighted by atomic mass is 35.5. The fraction of sp³-hybridized carbons (Fsp3) is 0.600. The van der Waals surface area contributed by atoms with E-state index in [2.05, 4.69) is 58.1 Å². The van der Waals surface area contributed by atoms with Gasteiger partial charge in [-0.1, -0.05) is 31.5 Å². The molecule has 1 aromatic carbocycles. The SMILES string of the molecule is CC(C)CSc1ccc(CNC(C)(C)C)c(Cl)c1. The van der Waals surface area contributed by atoms with Gasteiger partial charge in [0.1, 0.15) is 0 Å². The van der Waals surface area contributed by atoms with Crippen molar-refractivity contribution in [2.75, 3.05) is 5.75 Å². The second-order valence-corrected chi connectivity index (χ2v) is 7.56. The van der Waals surface area contributed by atoms with E-state index in [1.807, 2.05) is 11.8 Å². The minimum absolute atomic E-state index is 0.119. The molecule has 0 aromatic heterocycles. The Morgan fingerprint density at radius 1 is 1.28 bits per heavy atom. The van der Waals surface area contributed by atoms with Gasteiger partial charge in [0.25, 0.3) is 0 Å². The Bertz CT molecular complexity index is 383. The standard InChI is InChI=1S/C15H24ClNS/c1-11(2)10-18-13-7-6-12(14(16)8-13)9-17-15(3,4)5/h6-8,11,17H,9-10H2,1-5H3. The lowest BCUT2D eigenvalue weighted by atomic mass is 10.1. The van der Waals surface area contributed by atoms with Gasteiger partial charge in [-0.15, -0.1) is 11.8 Å². The van der Waals surface area contributed by atoms with Gasteiger partial charge in [-0.2, -0.15) is 0 Å². The zero-order chi connectivity index (χ0) is 13.8. The number of benzene rings is 1. The van der Waals surface area contributed by atoms with E-state index in [-0.39, 0.29) is 5.54 Å². The van der Waals surface area contributed by atoms with Crippen molar-refractivity contribution < 1.29 is 0 Å². The van der Waals surface area contributed by atoms with Gasteiger partial charge < -0.3 is 5.32 Å². The molecule has 0 aliphatic carbocycles. The highest BCUT2D eigenvalue weighted by molar-refractivity contribution is 7.99. The summed E-state index contributed by atoms with van der Waals surface area (Å²) in [6.45, 7) is 11.8. The van der Waals surface area contributed by atoms with Crippen molar-refractivity contribution in [2.45, 2.75) is 51.6 Å². The van der Waals surface area contributed by atoms with Gasteiger partial charge in [-0.3, -0.25) is 0 Å². The molecule has 0 fully saturated rings. The van der Waals surface area contributed by atoms with Crippen LogP contribution in [0.3, 0.4) is 0 Å².